The van der Waals surface area contributed by atoms with Crippen molar-refractivity contribution in [2.45, 2.75) is 32.1 Å². The molecule has 0 bridgehead atoms. The van der Waals surface area contributed by atoms with Crippen LogP contribution in [0.1, 0.15) is 17.7 Å². The lowest BCUT2D eigenvalue weighted by Crippen LogP contribution is -2.48. The number of carbonyl (C=O) groups excluding carboxylic acids is 2. The minimum atomic E-state index is -0.755. The van der Waals surface area contributed by atoms with E-state index in [-0.39, 0.29) is 5.91 Å². The van der Waals surface area contributed by atoms with Gasteiger partial charge in [0, 0.05) is 45.8 Å². The standard InChI is InChI=1S/C23H30N8O3/c1-29-20-13-18(15-30-9-11-34-12-10-30)28-31(20)8-7-19(23(29)33)27-22(32)21(24)26-16-25-14-17-5-3-2-4-6-17/h2-6,13,16,19H,7-12,14-15H2,1H3,(H,27,32)(H2,24,25,26)/t19-/m0/s1. The predicted octanol–water partition coefficient (Wildman–Crippen LogP) is 0.362. The Morgan fingerprint density at radius 3 is 2.79 bits per heavy atom. The van der Waals surface area contributed by atoms with E-state index < -0.39 is 17.8 Å². The van der Waals surface area contributed by atoms with Crippen molar-refractivity contribution in [3.63, 3.8) is 0 Å². The molecule has 34 heavy (non-hydrogen) atoms. The third-order valence-electron chi connectivity index (χ3n) is 5.85. The summed E-state index contributed by atoms with van der Waals surface area (Å²) >= 11 is 0. The maximum Gasteiger partial charge on any atom is 0.289 e. The molecule has 11 heteroatoms. The van der Waals surface area contributed by atoms with Crippen LogP contribution in [-0.4, -0.2) is 78.1 Å². The number of anilines is 1. The molecule has 180 valence electrons. The van der Waals surface area contributed by atoms with Gasteiger partial charge in [-0.25, -0.2) is 9.67 Å². The summed E-state index contributed by atoms with van der Waals surface area (Å²) in [6, 6.07) is 10.9. The van der Waals surface area contributed by atoms with Crippen molar-refractivity contribution in [2.75, 3.05) is 38.3 Å². The van der Waals surface area contributed by atoms with Crippen molar-refractivity contribution in [1.82, 2.24) is 25.3 Å². The fraction of sp³-hybridized carbons (Fsp3) is 0.435. The van der Waals surface area contributed by atoms with Crippen LogP contribution < -0.4 is 15.5 Å². The number of nitrogens with zero attached hydrogens (tertiary/aromatic N) is 5. The molecule has 1 aromatic carbocycles. The lowest BCUT2D eigenvalue weighted by Gasteiger charge is -2.25. The van der Waals surface area contributed by atoms with E-state index in [0.717, 1.165) is 37.6 Å². The van der Waals surface area contributed by atoms with Crippen LogP contribution in [-0.2, 0) is 34.0 Å². The quantitative estimate of drug-likeness (QED) is 0.417. The minimum Gasteiger partial charge on any atom is -0.379 e. The zero-order valence-corrected chi connectivity index (χ0v) is 19.2. The third-order valence-corrected chi connectivity index (χ3v) is 5.85. The number of hydrogen-bond acceptors (Lipinski definition) is 6. The molecule has 11 nitrogen and oxygen atoms in total. The molecular formula is C23H30N8O3. The minimum absolute atomic E-state index is 0.246. The highest BCUT2D eigenvalue weighted by atomic mass is 16.5. The molecule has 0 spiro atoms. The Balaban J connectivity index is 1.30. The number of amides is 2. The van der Waals surface area contributed by atoms with E-state index in [1.165, 1.54) is 11.2 Å². The molecule has 0 aliphatic carbocycles. The number of ether oxygens (including phenoxy) is 1. The highest BCUT2D eigenvalue weighted by Crippen LogP contribution is 2.22. The summed E-state index contributed by atoms with van der Waals surface area (Å²) in [7, 11) is 1.68. The molecule has 2 aliphatic heterocycles. The maximum absolute atomic E-state index is 13.0. The SMILES string of the molecule is CN1C(=O)[C@@H](NC(=O)C(=N)/N=C\NCc2ccccc2)CCn2nc(CN3CCOCC3)cc21. The number of benzene rings is 1. The number of fused-ring (bicyclic) bond motifs is 1. The van der Waals surface area contributed by atoms with Crippen LogP contribution in [0, 0.1) is 5.41 Å². The molecule has 1 atom stereocenters. The van der Waals surface area contributed by atoms with E-state index in [1.54, 1.807) is 11.7 Å². The number of carbonyl (C=O) groups is 2. The summed E-state index contributed by atoms with van der Waals surface area (Å²) in [6.45, 7) is 4.88. The van der Waals surface area contributed by atoms with Gasteiger partial charge in [0.05, 0.1) is 25.2 Å². The number of morpholine rings is 1. The Hall–Kier alpha value is -3.57. The lowest BCUT2D eigenvalue weighted by atomic mass is 10.2. The van der Waals surface area contributed by atoms with Gasteiger partial charge in [-0.1, -0.05) is 30.3 Å². The Morgan fingerprint density at radius 1 is 1.26 bits per heavy atom. The normalized spacial score (nSPS) is 19.0. The van der Waals surface area contributed by atoms with Gasteiger partial charge in [0.2, 0.25) is 5.84 Å². The van der Waals surface area contributed by atoms with Crippen molar-refractivity contribution < 1.29 is 14.3 Å². The first-order valence-electron chi connectivity index (χ1n) is 11.3. The van der Waals surface area contributed by atoms with Crippen molar-refractivity contribution >= 4 is 29.8 Å². The average Bonchev–Trinajstić information content (AvgIpc) is 3.22. The summed E-state index contributed by atoms with van der Waals surface area (Å²) in [6.07, 6.45) is 1.70. The van der Waals surface area contributed by atoms with Gasteiger partial charge in [-0.05, 0) is 12.0 Å². The molecule has 0 radical (unpaired) electrons. The third kappa shape index (κ3) is 5.86. The molecule has 2 amide bonds. The van der Waals surface area contributed by atoms with Gasteiger partial charge < -0.3 is 15.4 Å². The Bertz CT molecular complexity index is 1050. The summed E-state index contributed by atoms with van der Waals surface area (Å²) in [4.78, 5) is 33.1. The fourth-order valence-corrected chi connectivity index (χ4v) is 3.97. The number of aryl methyl sites for hydroxylation is 1. The number of nitrogens with one attached hydrogen (secondary N) is 3. The van der Waals surface area contributed by atoms with Crippen molar-refractivity contribution in [1.29, 1.82) is 5.41 Å². The smallest absolute Gasteiger partial charge is 0.289 e. The van der Waals surface area contributed by atoms with Crippen LogP contribution in [0.2, 0.25) is 0 Å². The van der Waals surface area contributed by atoms with Crippen LogP contribution in [0.4, 0.5) is 5.82 Å². The van der Waals surface area contributed by atoms with Gasteiger partial charge in [0.1, 0.15) is 11.9 Å². The first kappa shape index (κ1) is 23.6. The largest absolute Gasteiger partial charge is 0.379 e. The first-order valence-corrected chi connectivity index (χ1v) is 11.3. The van der Waals surface area contributed by atoms with Crippen LogP contribution in [0.15, 0.2) is 41.4 Å². The van der Waals surface area contributed by atoms with Crippen molar-refractivity contribution in [2.24, 2.45) is 4.99 Å². The second-order valence-corrected chi connectivity index (χ2v) is 8.29. The summed E-state index contributed by atoms with van der Waals surface area (Å²) in [5, 5.41) is 18.2. The maximum atomic E-state index is 13.0. The van der Waals surface area contributed by atoms with Gasteiger partial charge in [-0.15, -0.1) is 0 Å². The molecule has 3 heterocycles. The Kier molecular flexibility index (Phi) is 7.65. The van der Waals surface area contributed by atoms with Gasteiger partial charge in [-0.2, -0.15) is 5.10 Å². The molecule has 2 aromatic rings. The topological polar surface area (TPSA) is 128 Å². The van der Waals surface area contributed by atoms with E-state index in [1.807, 2.05) is 36.4 Å². The van der Waals surface area contributed by atoms with Crippen LogP contribution in [0.3, 0.4) is 0 Å². The summed E-state index contributed by atoms with van der Waals surface area (Å²) in [5.41, 5.74) is 1.96. The molecule has 3 N–H and O–H groups in total. The summed E-state index contributed by atoms with van der Waals surface area (Å²) in [5.74, 6) is -0.713. The monoisotopic (exact) mass is 466 g/mol. The predicted molar refractivity (Wildman–Crippen MR) is 128 cm³/mol. The van der Waals surface area contributed by atoms with Crippen LogP contribution in [0.5, 0.6) is 0 Å². The molecular weight excluding hydrogens is 436 g/mol. The van der Waals surface area contributed by atoms with Gasteiger partial charge in [-0.3, -0.25) is 24.8 Å². The Labute approximate surface area is 198 Å². The van der Waals surface area contributed by atoms with E-state index in [4.69, 9.17) is 10.1 Å². The molecule has 1 aromatic heterocycles. The molecule has 4 rings (SSSR count). The fourth-order valence-electron chi connectivity index (χ4n) is 3.97. The lowest BCUT2D eigenvalue weighted by molar-refractivity contribution is -0.124. The molecule has 0 unspecified atom stereocenters. The molecule has 2 aliphatic rings. The van der Waals surface area contributed by atoms with Gasteiger partial charge in [0.25, 0.3) is 11.8 Å². The van der Waals surface area contributed by atoms with Gasteiger partial charge >= 0.3 is 0 Å². The number of rotatable bonds is 6. The van der Waals surface area contributed by atoms with Crippen LogP contribution in [0.25, 0.3) is 0 Å². The number of aliphatic imine (C=N–C) groups is 1. The van der Waals surface area contributed by atoms with Crippen molar-refractivity contribution in [3.05, 3.63) is 47.7 Å². The second kappa shape index (κ2) is 11.0. The first-order chi connectivity index (χ1) is 16.5. The summed E-state index contributed by atoms with van der Waals surface area (Å²) < 4.78 is 7.19. The molecule has 1 saturated heterocycles. The second-order valence-electron chi connectivity index (χ2n) is 8.29. The van der Waals surface area contributed by atoms with E-state index in [9.17, 15) is 9.59 Å². The Morgan fingerprint density at radius 2 is 2.03 bits per heavy atom. The number of likely N-dealkylation sites (N-methyl/N-ethyl adjacent to an activating group) is 1. The van der Waals surface area contributed by atoms with E-state index in [2.05, 4.69) is 25.6 Å². The zero-order valence-electron chi connectivity index (χ0n) is 19.2. The van der Waals surface area contributed by atoms with Gasteiger partial charge in [0.15, 0.2) is 0 Å². The number of aromatic nitrogens is 2. The van der Waals surface area contributed by atoms with E-state index in [0.29, 0.717) is 31.9 Å². The van der Waals surface area contributed by atoms with Crippen LogP contribution >= 0.6 is 0 Å². The average molecular weight is 467 g/mol. The number of hydrogen-bond donors (Lipinski definition) is 3. The van der Waals surface area contributed by atoms with Crippen molar-refractivity contribution in [3.8, 4) is 0 Å². The molecule has 0 saturated carbocycles. The van der Waals surface area contributed by atoms with E-state index >= 15 is 0 Å². The zero-order chi connectivity index (χ0) is 23.9. The number of amidine groups is 1. The molecule has 1 fully saturated rings. The highest BCUT2D eigenvalue weighted by Gasteiger charge is 2.31. The highest BCUT2D eigenvalue weighted by molar-refractivity contribution is 6.38.